The highest BCUT2D eigenvalue weighted by molar-refractivity contribution is 5.94. The van der Waals surface area contributed by atoms with E-state index in [1.807, 2.05) is 41.3 Å². The predicted octanol–water partition coefficient (Wildman–Crippen LogP) is 3.47. The number of anilines is 1. The maximum absolute atomic E-state index is 13.1. The number of pyridine rings is 1. The van der Waals surface area contributed by atoms with Crippen molar-refractivity contribution in [1.29, 1.82) is 0 Å². The van der Waals surface area contributed by atoms with Crippen LogP contribution in [0.5, 0.6) is 0 Å². The summed E-state index contributed by atoms with van der Waals surface area (Å²) in [6.07, 6.45) is 1.72. The number of amides is 1. The van der Waals surface area contributed by atoms with Crippen molar-refractivity contribution in [3.63, 3.8) is 0 Å². The third-order valence-electron chi connectivity index (χ3n) is 5.82. The maximum Gasteiger partial charge on any atom is 0.253 e. The zero-order valence-electron chi connectivity index (χ0n) is 17.6. The number of fused-ring (bicyclic) bond motifs is 1. The lowest BCUT2D eigenvalue weighted by atomic mass is 10.1. The number of aromatic nitrogens is 4. The summed E-state index contributed by atoms with van der Waals surface area (Å²) >= 11 is 0. The largest absolute Gasteiger partial charge is 0.365 e. The van der Waals surface area contributed by atoms with E-state index in [0.29, 0.717) is 24.3 Å². The van der Waals surface area contributed by atoms with E-state index in [2.05, 4.69) is 58.3 Å². The van der Waals surface area contributed by atoms with E-state index in [0.717, 1.165) is 17.7 Å². The van der Waals surface area contributed by atoms with E-state index in [1.54, 1.807) is 10.9 Å². The first kappa shape index (κ1) is 19.2. The molecular formula is C24H24N6O. The molecule has 0 bridgehead atoms. The molecule has 4 aromatic rings. The number of piperazine rings is 1. The van der Waals surface area contributed by atoms with Gasteiger partial charge in [0, 0.05) is 43.1 Å². The molecule has 7 heteroatoms. The summed E-state index contributed by atoms with van der Waals surface area (Å²) in [5.74, 6) is 0.0591. The Balaban J connectivity index is 1.31. The molecule has 0 aliphatic carbocycles. The first-order chi connectivity index (χ1) is 15.1. The Bertz CT molecular complexity index is 1230. The summed E-state index contributed by atoms with van der Waals surface area (Å²) < 4.78 is 1.69. The van der Waals surface area contributed by atoms with Crippen LogP contribution in [0.25, 0.3) is 16.9 Å². The van der Waals surface area contributed by atoms with Crippen LogP contribution in [0.15, 0.2) is 66.9 Å². The zero-order chi connectivity index (χ0) is 21.4. The Labute approximate surface area is 180 Å². The van der Waals surface area contributed by atoms with E-state index >= 15 is 0 Å². The van der Waals surface area contributed by atoms with Crippen LogP contribution >= 0.6 is 0 Å². The normalized spacial score (nSPS) is 16.6. The van der Waals surface area contributed by atoms with Gasteiger partial charge in [-0.05, 0) is 67.9 Å². The first-order valence-corrected chi connectivity index (χ1v) is 10.5. The van der Waals surface area contributed by atoms with Gasteiger partial charge in [0.25, 0.3) is 5.91 Å². The van der Waals surface area contributed by atoms with Crippen molar-refractivity contribution in [2.24, 2.45) is 0 Å². The van der Waals surface area contributed by atoms with Gasteiger partial charge in [-0.3, -0.25) is 4.79 Å². The van der Waals surface area contributed by atoms with E-state index in [9.17, 15) is 4.79 Å². The molecule has 156 valence electrons. The molecule has 0 spiro atoms. The summed E-state index contributed by atoms with van der Waals surface area (Å²) in [6.45, 7) is 6.51. The minimum atomic E-state index is 0.0591. The minimum Gasteiger partial charge on any atom is -0.365 e. The van der Waals surface area contributed by atoms with Crippen molar-refractivity contribution in [2.45, 2.75) is 19.9 Å². The summed E-state index contributed by atoms with van der Waals surface area (Å²) in [7, 11) is 0. The van der Waals surface area contributed by atoms with Crippen molar-refractivity contribution < 1.29 is 4.79 Å². The summed E-state index contributed by atoms with van der Waals surface area (Å²) in [5.41, 5.74) is 5.41. The summed E-state index contributed by atoms with van der Waals surface area (Å²) in [4.78, 5) is 21.8. The summed E-state index contributed by atoms with van der Waals surface area (Å²) in [5, 5.41) is 8.33. The van der Waals surface area contributed by atoms with Gasteiger partial charge in [0.05, 0.1) is 5.69 Å². The third-order valence-corrected chi connectivity index (χ3v) is 5.82. The molecule has 1 unspecified atom stereocenters. The van der Waals surface area contributed by atoms with E-state index in [4.69, 9.17) is 0 Å². The fraction of sp³-hybridized carbons (Fsp3) is 0.250. The van der Waals surface area contributed by atoms with Crippen LogP contribution in [0, 0.1) is 6.92 Å². The van der Waals surface area contributed by atoms with Gasteiger partial charge in [0.1, 0.15) is 5.52 Å². The molecule has 1 saturated heterocycles. The molecule has 2 aromatic heterocycles. The minimum absolute atomic E-state index is 0.0591. The number of hydrogen-bond donors (Lipinski definition) is 0. The van der Waals surface area contributed by atoms with Gasteiger partial charge in [0.2, 0.25) is 0 Å². The molecule has 0 radical (unpaired) electrons. The summed E-state index contributed by atoms with van der Waals surface area (Å²) in [6, 6.07) is 20.0. The monoisotopic (exact) mass is 412 g/mol. The van der Waals surface area contributed by atoms with Crippen LogP contribution in [-0.4, -0.2) is 56.5 Å². The molecule has 1 aliphatic heterocycles. The van der Waals surface area contributed by atoms with Crippen molar-refractivity contribution in [3.05, 3.63) is 78.0 Å². The van der Waals surface area contributed by atoms with Crippen molar-refractivity contribution in [3.8, 4) is 5.69 Å². The number of hydrogen-bond acceptors (Lipinski definition) is 5. The average Bonchev–Trinajstić information content (AvgIpc) is 3.23. The number of aryl methyl sites for hydroxylation is 1. The van der Waals surface area contributed by atoms with Crippen LogP contribution in [-0.2, 0) is 0 Å². The van der Waals surface area contributed by atoms with Gasteiger partial charge < -0.3 is 9.80 Å². The lowest BCUT2D eigenvalue weighted by Gasteiger charge is -2.41. The Hall–Kier alpha value is -3.74. The second kappa shape index (κ2) is 7.83. The highest BCUT2D eigenvalue weighted by atomic mass is 16.2. The first-order valence-electron chi connectivity index (χ1n) is 10.5. The highest BCUT2D eigenvalue weighted by Crippen LogP contribution is 2.23. The third kappa shape index (κ3) is 3.63. The second-order valence-electron chi connectivity index (χ2n) is 8.03. The molecular weight excluding hydrogens is 388 g/mol. The van der Waals surface area contributed by atoms with Crippen molar-refractivity contribution in [2.75, 3.05) is 24.5 Å². The zero-order valence-corrected chi connectivity index (χ0v) is 17.6. The smallest absolute Gasteiger partial charge is 0.253 e. The van der Waals surface area contributed by atoms with Gasteiger partial charge in [-0.15, -0.1) is 5.10 Å². The van der Waals surface area contributed by atoms with Crippen molar-refractivity contribution >= 4 is 22.8 Å². The Kier molecular flexibility index (Phi) is 4.86. The molecule has 0 saturated carbocycles. The predicted molar refractivity (Wildman–Crippen MR) is 121 cm³/mol. The topological polar surface area (TPSA) is 67.2 Å². The van der Waals surface area contributed by atoms with Gasteiger partial charge in [-0.2, -0.15) is 4.68 Å². The number of carbonyl (C=O) groups is 1. The second-order valence-corrected chi connectivity index (χ2v) is 8.03. The maximum atomic E-state index is 13.1. The van der Waals surface area contributed by atoms with Gasteiger partial charge in [-0.25, -0.2) is 4.98 Å². The number of rotatable bonds is 3. The van der Waals surface area contributed by atoms with Crippen LogP contribution in [0.4, 0.5) is 5.69 Å². The molecule has 31 heavy (non-hydrogen) atoms. The van der Waals surface area contributed by atoms with Crippen LogP contribution in [0.1, 0.15) is 22.8 Å². The number of benzene rings is 2. The highest BCUT2D eigenvalue weighted by Gasteiger charge is 2.27. The van der Waals surface area contributed by atoms with Gasteiger partial charge in [-0.1, -0.05) is 17.3 Å². The fourth-order valence-electron chi connectivity index (χ4n) is 4.20. The Morgan fingerprint density at radius 2 is 1.84 bits per heavy atom. The molecule has 5 rings (SSSR count). The molecule has 1 amide bonds. The van der Waals surface area contributed by atoms with E-state index < -0.39 is 0 Å². The molecule has 3 heterocycles. The molecule has 1 aliphatic rings. The molecule has 1 atom stereocenters. The standard InChI is InChI=1S/C24H24N6O/c1-17-5-3-6-21(15-17)29-14-13-28(16-18(29)2)24(31)19-8-10-20(11-9-19)30-23-22(26-27-30)7-4-12-25-23/h3-12,15,18H,13-14,16H2,1-2H3. The molecule has 2 aromatic carbocycles. The van der Waals surface area contributed by atoms with E-state index in [1.165, 1.54) is 11.3 Å². The van der Waals surface area contributed by atoms with Gasteiger partial charge in [0.15, 0.2) is 5.65 Å². The quantitative estimate of drug-likeness (QED) is 0.515. The Morgan fingerprint density at radius 1 is 1.00 bits per heavy atom. The number of carbonyl (C=O) groups excluding carboxylic acids is 1. The molecule has 0 N–H and O–H groups in total. The van der Waals surface area contributed by atoms with Gasteiger partial charge >= 0.3 is 0 Å². The lowest BCUT2D eigenvalue weighted by molar-refractivity contribution is 0.0726. The average molecular weight is 412 g/mol. The number of nitrogens with zero attached hydrogens (tertiary/aromatic N) is 6. The molecule has 7 nitrogen and oxygen atoms in total. The lowest BCUT2D eigenvalue weighted by Crippen LogP contribution is -2.53. The SMILES string of the molecule is Cc1cccc(N2CCN(C(=O)c3ccc(-n4nnc5cccnc54)cc3)CC2C)c1. The fourth-order valence-corrected chi connectivity index (χ4v) is 4.20. The van der Waals surface area contributed by atoms with E-state index in [-0.39, 0.29) is 11.9 Å². The van der Waals surface area contributed by atoms with Crippen LogP contribution in [0.3, 0.4) is 0 Å². The van der Waals surface area contributed by atoms with Crippen LogP contribution in [0.2, 0.25) is 0 Å². The Morgan fingerprint density at radius 3 is 2.61 bits per heavy atom. The van der Waals surface area contributed by atoms with Crippen molar-refractivity contribution in [1.82, 2.24) is 24.9 Å². The van der Waals surface area contributed by atoms with Crippen LogP contribution < -0.4 is 4.90 Å². The molecule has 1 fully saturated rings.